The molecule has 0 aromatic carbocycles. The van der Waals surface area contributed by atoms with Gasteiger partial charge in [0.05, 0.1) is 0 Å². The van der Waals surface area contributed by atoms with Crippen molar-refractivity contribution in [3.63, 3.8) is 0 Å². The monoisotopic (exact) mass is 289 g/mol. The molecule has 110 valence electrons. The Bertz CT molecular complexity index is 738. The Labute approximate surface area is 120 Å². The van der Waals surface area contributed by atoms with Crippen molar-refractivity contribution in [1.29, 1.82) is 0 Å². The average Bonchev–Trinajstić information content (AvgIpc) is 2.47. The molecule has 0 fully saturated rings. The quantitative estimate of drug-likeness (QED) is 0.843. The van der Waals surface area contributed by atoms with Crippen molar-refractivity contribution in [2.75, 3.05) is 0 Å². The highest BCUT2D eigenvalue weighted by Gasteiger charge is 2.21. The molecule has 1 amide bonds. The molecule has 2 rings (SSSR count). The van der Waals surface area contributed by atoms with Gasteiger partial charge in [-0.2, -0.15) is 0 Å². The highest BCUT2D eigenvalue weighted by Crippen LogP contribution is 2.01. The molecule has 0 aliphatic carbocycles. The van der Waals surface area contributed by atoms with Gasteiger partial charge < -0.3 is 10.4 Å². The first-order valence-electron chi connectivity index (χ1n) is 6.54. The Kier molecular flexibility index (Phi) is 4.32. The third-order valence-corrected chi connectivity index (χ3v) is 3.04. The van der Waals surface area contributed by atoms with Crippen molar-refractivity contribution < 1.29 is 14.7 Å². The fourth-order valence-electron chi connectivity index (χ4n) is 1.96. The largest absolute Gasteiger partial charge is 0.480 e. The molecule has 2 aromatic heterocycles. The number of hydrogen-bond donors (Lipinski definition) is 2. The summed E-state index contributed by atoms with van der Waals surface area (Å²) < 4.78 is 1.24. The number of aromatic nitrogens is 2. The molecular formula is C14H15N3O4. The molecule has 2 N–H and O–H groups in total. The first-order valence-corrected chi connectivity index (χ1v) is 6.54. The van der Waals surface area contributed by atoms with Crippen LogP contribution in [0.25, 0.3) is 5.65 Å². The van der Waals surface area contributed by atoms with E-state index in [1.807, 2.05) is 6.92 Å². The lowest BCUT2D eigenvalue weighted by atomic mass is 10.1. The summed E-state index contributed by atoms with van der Waals surface area (Å²) in [5, 5.41) is 11.4. The van der Waals surface area contributed by atoms with E-state index in [1.54, 1.807) is 18.2 Å². The van der Waals surface area contributed by atoms with Crippen molar-refractivity contribution in [3.05, 3.63) is 46.5 Å². The van der Waals surface area contributed by atoms with E-state index in [-0.39, 0.29) is 5.56 Å². The van der Waals surface area contributed by atoms with Crippen LogP contribution in [0.15, 0.2) is 35.4 Å². The molecule has 0 aliphatic rings. The predicted octanol–water partition coefficient (Wildman–Crippen LogP) is 0.678. The Morgan fingerprint density at radius 3 is 2.86 bits per heavy atom. The summed E-state index contributed by atoms with van der Waals surface area (Å²) in [4.78, 5) is 39.3. The zero-order valence-electron chi connectivity index (χ0n) is 11.4. The van der Waals surface area contributed by atoms with Gasteiger partial charge in [0.25, 0.3) is 11.5 Å². The number of carbonyl (C=O) groups is 2. The van der Waals surface area contributed by atoms with Crippen molar-refractivity contribution in [2.24, 2.45) is 0 Å². The first-order chi connectivity index (χ1) is 10.0. The SMILES string of the molecule is CCC[C@@H](NC(=O)c1cnc2ccccn2c1=O)C(=O)O. The molecule has 7 nitrogen and oxygen atoms in total. The van der Waals surface area contributed by atoms with E-state index in [0.717, 1.165) is 6.20 Å². The van der Waals surface area contributed by atoms with Crippen LogP contribution in [0.3, 0.4) is 0 Å². The summed E-state index contributed by atoms with van der Waals surface area (Å²) >= 11 is 0. The number of carboxylic acids is 1. The normalized spacial score (nSPS) is 12.0. The summed E-state index contributed by atoms with van der Waals surface area (Å²) in [5.41, 5.74) is -0.290. The third kappa shape index (κ3) is 3.07. The van der Waals surface area contributed by atoms with Gasteiger partial charge in [-0.15, -0.1) is 0 Å². The molecule has 0 unspecified atom stereocenters. The van der Waals surface area contributed by atoms with Crippen LogP contribution in [0.1, 0.15) is 30.1 Å². The maximum Gasteiger partial charge on any atom is 0.326 e. The lowest BCUT2D eigenvalue weighted by Crippen LogP contribution is -2.42. The summed E-state index contributed by atoms with van der Waals surface area (Å²) in [5.74, 6) is -1.86. The van der Waals surface area contributed by atoms with Gasteiger partial charge in [0.15, 0.2) is 0 Å². The lowest BCUT2D eigenvalue weighted by molar-refractivity contribution is -0.139. The minimum atomic E-state index is -1.13. The van der Waals surface area contributed by atoms with E-state index in [0.29, 0.717) is 18.5 Å². The maximum atomic E-state index is 12.2. The van der Waals surface area contributed by atoms with Crippen molar-refractivity contribution in [3.8, 4) is 0 Å². The number of nitrogens with zero attached hydrogens (tertiary/aromatic N) is 2. The van der Waals surface area contributed by atoms with Gasteiger partial charge in [0.1, 0.15) is 17.3 Å². The number of amides is 1. The Morgan fingerprint density at radius 2 is 2.19 bits per heavy atom. The smallest absolute Gasteiger partial charge is 0.326 e. The second-order valence-corrected chi connectivity index (χ2v) is 4.56. The number of fused-ring (bicyclic) bond motifs is 1. The Balaban J connectivity index is 2.33. The number of rotatable bonds is 5. The maximum absolute atomic E-state index is 12.2. The van der Waals surface area contributed by atoms with E-state index in [1.165, 1.54) is 10.6 Å². The molecule has 7 heteroatoms. The van der Waals surface area contributed by atoms with Gasteiger partial charge in [-0.1, -0.05) is 19.4 Å². The average molecular weight is 289 g/mol. The van der Waals surface area contributed by atoms with Gasteiger partial charge in [-0.05, 0) is 18.6 Å². The topological polar surface area (TPSA) is 101 Å². The summed E-state index contributed by atoms with van der Waals surface area (Å²) in [6, 6.07) is 4.00. The number of pyridine rings is 1. The molecule has 0 saturated carbocycles. The van der Waals surface area contributed by atoms with E-state index < -0.39 is 23.5 Å². The fourth-order valence-corrected chi connectivity index (χ4v) is 1.96. The summed E-state index contributed by atoms with van der Waals surface area (Å²) in [7, 11) is 0. The molecule has 1 atom stereocenters. The number of carbonyl (C=O) groups excluding carboxylic acids is 1. The minimum absolute atomic E-state index is 0.180. The highest BCUT2D eigenvalue weighted by molar-refractivity contribution is 5.96. The number of nitrogens with one attached hydrogen (secondary N) is 1. The number of carboxylic acid groups (broad SMARTS) is 1. The third-order valence-electron chi connectivity index (χ3n) is 3.04. The highest BCUT2D eigenvalue weighted by atomic mass is 16.4. The van der Waals surface area contributed by atoms with Crippen molar-refractivity contribution in [2.45, 2.75) is 25.8 Å². The zero-order chi connectivity index (χ0) is 15.4. The van der Waals surface area contributed by atoms with Crippen LogP contribution in [-0.2, 0) is 4.79 Å². The van der Waals surface area contributed by atoms with E-state index in [9.17, 15) is 14.4 Å². The summed E-state index contributed by atoms with van der Waals surface area (Å²) in [6.45, 7) is 1.81. The Morgan fingerprint density at radius 1 is 1.43 bits per heavy atom. The van der Waals surface area contributed by atoms with Gasteiger partial charge in [0.2, 0.25) is 0 Å². The number of hydrogen-bond acceptors (Lipinski definition) is 4. The molecule has 2 heterocycles. The van der Waals surface area contributed by atoms with Crippen LogP contribution in [0.2, 0.25) is 0 Å². The second kappa shape index (κ2) is 6.17. The standard InChI is InChI=1S/C14H15N3O4/c1-2-5-10(14(20)21)16-12(18)9-8-15-11-6-3-4-7-17(11)13(9)19/h3-4,6-8,10H,2,5H2,1H3,(H,16,18)(H,20,21)/t10-/m1/s1. The molecule has 0 spiro atoms. The predicted molar refractivity (Wildman–Crippen MR) is 75.3 cm³/mol. The number of aliphatic carboxylic acids is 1. The van der Waals surface area contributed by atoms with Crippen molar-refractivity contribution in [1.82, 2.24) is 14.7 Å². The molecule has 0 aliphatic heterocycles. The van der Waals surface area contributed by atoms with E-state index in [2.05, 4.69) is 10.3 Å². The van der Waals surface area contributed by atoms with Crippen LogP contribution < -0.4 is 10.9 Å². The molecule has 2 aromatic rings. The van der Waals surface area contributed by atoms with Crippen LogP contribution in [0.4, 0.5) is 0 Å². The van der Waals surface area contributed by atoms with E-state index in [4.69, 9.17) is 5.11 Å². The molecule has 21 heavy (non-hydrogen) atoms. The van der Waals surface area contributed by atoms with Crippen LogP contribution in [0, 0.1) is 0 Å². The first kappa shape index (κ1) is 14.7. The van der Waals surface area contributed by atoms with Gasteiger partial charge in [-0.25, -0.2) is 9.78 Å². The van der Waals surface area contributed by atoms with Gasteiger partial charge in [0, 0.05) is 12.4 Å². The molecule has 0 bridgehead atoms. The van der Waals surface area contributed by atoms with E-state index >= 15 is 0 Å². The van der Waals surface area contributed by atoms with Crippen LogP contribution >= 0.6 is 0 Å². The Hall–Kier alpha value is -2.70. The summed E-state index contributed by atoms with van der Waals surface area (Å²) in [6.07, 6.45) is 3.57. The zero-order valence-corrected chi connectivity index (χ0v) is 11.4. The molecule has 0 radical (unpaired) electrons. The lowest BCUT2D eigenvalue weighted by Gasteiger charge is -2.13. The van der Waals surface area contributed by atoms with Gasteiger partial charge in [-0.3, -0.25) is 14.0 Å². The van der Waals surface area contributed by atoms with Crippen molar-refractivity contribution >= 4 is 17.5 Å². The van der Waals surface area contributed by atoms with Crippen LogP contribution in [-0.4, -0.2) is 32.4 Å². The molecule has 0 saturated heterocycles. The minimum Gasteiger partial charge on any atom is -0.480 e. The molecular weight excluding hydrogens is 274 g/mol. The van der Waals surface area contributed by atoms with Gasteiger partial charge >= 0.3 is 5.97 Å². The fraction of sp³-hybridized carbons (Fsp3) is 0.286. The van der Waals surface area contributed by atoms with Crippen LogP contribution in [0.5, 0.6) is 0 Å². The second-order valence-electron chi connectivity index (χ2n) is 4.56.